The molecular formula is C10H11N3O2S2. The molecule has 17 heavy (non-hydrogen) atoms. The topological polar surface area (TPSA) is 68.1 Å². The second kappa shape index (κ2) is 5.35. The van der Waals surface area contributed by atoms with E-state index in [0.717, 1.165) is 27.6 Å². The van der Waals surface area contributed by atoms with Gasteiger partial charge in [0.2, 0.25) is 0 Å². The van der Waals surface area contributed by atoms with E-state index in [1.807, 2.05) is 12.3 Å². The van der Waals surface area contributed by atoms with Crippen LogP contribution in [-0.2, 0) is 13.1 Å². The smallest absolute Gasteiger partial charge is 0.306 e. The molecule has 0 spiro atoms. The first kappa shape index (κ1) is 12.2. The maximum atomic E-state index is 10.5. The minimum Gasteiger partial charge on any atom is -0.306 e. The first-order valence-corrected chi connectivity index (χ1v) is 6.74. The van der Waals surface area contributed by atoms with Crippen molar-refractivity contribution in [2.24, 2.45) is 0 Å². The van der Waals surface area contributed by atoms with Crippen molar-refractivity contribution in [3.63, 3.8) is 0 Å². The molecule has 0 amide bonds. The quantitative estimate of drug-likeness (QED) is 0.669. The molecule has 0 unspecified atom stereocenters. The highest BCUT2D eigenvalue weighted by Gasteiger charge is 2.09. The van der Waals surface area contributed by atoms with E-state index in [1.54, 1.807) is 22.8 Å². The van der Waals surface area contributed by atoms with Crippen LogP contribution in [0.4, 0.5) is 5.00 Å². The normalized spacial score (nSPS) is 10.6. The van der Waals surface area contributed by atoms with Crippen LogP contribution in [0.1, 0.15) is 16.3 Å². The number of hydrogen-bond acceptors (Lipinski definition) is 6. The molecule has 0 atom stereocenters. The van der Waals surface area contributed by atoms with Gasteiger partial charge in [-0.1, -0.05) is 11.3 Å². The van der Waals surface area contributed by atoms with Gasteiger partial charge in [0, 0.05) is 35.6 Å². The van der Waals surface area contributed by atoms with E-state index in [0.29, 0.717) is 13.1 Å². The second-order valence-electron chi connectivity index (χ2n) is 3.54. The summed E-state index contributed by atoms with van der Waals surface area (Å²) in [6, 6.07) is 1.60. The summed E-state index contributed by atoms with van der Waals surface area (Å²) in [5, 5.41) is 18.7. The molecule has 5 nitrogen and oxygen atoms in total. The molecule has 2 aromatic heterocycles. The molecule has 0 saturated heterocycles. The van der Waals surface area contributed by atoms with Crippen LogP contribution in [-0.4, -0.2) is 9.91 Å². The van der Waals surface area contributed by atoms with Gasteiger partial charge >= 0.3 is 5.00 Å². The van der Waals surface area contributed by atoms with Gasteiger partial charge in [-0.05, 0) is 12.5 Å². The van der Waals surface area contributed by atoms with E-state index in [-0.39, 0.29) is 9.92 Å². The number of nitrogens with zero attached hydrogens (tertiary/aromatic N) is 2. The Labute approximate surface area is 106 Å². The molecule has 0 radical (unpaired) electrons. The van der Waals surface area contributed by atoms with Crippen LogP contribution >= 0.6 is 22.7 Å². The van der Waals surface area contributed by atoms with Crippen LogP contribution in [0.25, 0.3) is 0 Å². The van der Waals surface area contributed by atoms with Gasteiger partial charge < -0.3 is 5.32 Å². The lowest BCUT2D eigenvalue weighted by molar-refractivity contribution is -0.380. The van der Waals surface area contributed by atoms with Crippen molar-refractivity contribution in [1.29, 1.82) is 0 Å². The fraction of sp³-hybridized carbons (Fsp3) is 0.300. The van der Waals surface area contributed by atoms with Gasteiger partial charge in [-0.3, -0.25) is 10.1 Å². The SMILES string of the molecule is Cc1csc(CNCc2csc([N+](=O)[O-])c2)n1. The van der Waals surface area contributed by atoms with Crippen molar-refractivity contribution >= 4 is 27.7 Å². The van der Waals surface area contributed by atoms with E-state index >= 15 is 0 Å². The van der Waals surface area contributed by atoms with E-state index in [2.05, 4.69) is 10.3 Å². The molecule has 0 aliphatic carbocycles. The highest BCUT2D eigenvalue weighted by Crippen LogP contribution is 2.22. The Morgan fingerprint density at radius 2 is 2.24 bits per heavy atom. The Morgan fingerprint density at radius 3 is 2.82 bits per heavy atom. The third-order valence-electron chi connectivity index (χ3n) is 2.09. The fourth-order valence-corrected chi connectivity index (χ4v) is 2.82. The Hall–Kier alpha value is -1.31. The lowest BCUT2D eigenvalue weighted by Gasteiger charge is -1.98. The van der Waals surface area contributed by atoms with Crippen LogP contribution in [0.15, 0.2) is 16.8 Å². The summed E-state index contributed by atoms with van der Waals surface area (Å²) in [6.45, 7) is 3.29. The lowest BCUT2D eigenvalue weighted by atomic mass is 10.3. The predicted molar refractivity (Wildman–Crippen MR) is 68.4 cm³/mol. The average molecular weight is 269 g/mol. The van der Waals surface area contributed by atoms with Gasteiger partial charge in [-0.25, -0.2) is 4.98 Å². The van der Waals surface area contributed by atoms with Gasteiger partial charge in [0.15, 0.2) is 0 Å². The van der Waals surface area contributed by atoms with Crippen LogP contribution in [0.5, 0.6) is 0 Å². The standard InChI is InChI=1S/C10H11N3O2S2/c1-7-5-16-9(12-7)4-11-3-8-2-10(13(14)15)17-6-8/h2,5-6,11H,3-4H2,1H3. The fourth-order valence-electron chi connectivity index (χ4n) is 1.35. The predicted octanol–water partition coefficient (Wildman–Crippen LogP) is 2.71. The molecule has 7 heteroatoms. The lowest BCUT2D eigenvalue weighted by Crippen LogP contribution is -2.11. The van der Waals surface area contributed by atoms with Gasteiger partial charge in [0.25, 0.3) is 0 Å². The number of aryl methyl sites for hydroxylation is 1. The Kier molecular flexibility index (Phi) is 3.82. The first-order valence-electron chi connectivity index (χ1n) is 4.98. The van der Waals surface area contributed by atoms with Crippen LogP contribution in [0, 0.1) is 17.0 Å². The molecule has 0 aromatic carbocycles. The van der Waals surface area contributed by atoms with Gasteiger partial charge in [0.1, 0.15) is 5.01 Å². The summed E-state index contributed by atoms with van der Waals surface area (Å²) in [5.74, 6) is 0. The van der Waals surface area contributed by atoms with Crippen molar-refractivity contribution < 1.29 is 4.92 Å². The third kappa shape index (κ3) is 3.32. The Bertz CT molecular complexity index is 521. The van der Waals surface area contributed by atoms with Crippen molar-refractivity contribution in [1.82, 2.24) is 10.3 Å². The monoisotopic (exact) mass is 269 g/mol. The summed E-state index contributed by atoms with van der Waals surface area (Å²) < 4.78 is 0. The number of thiophene rings is 1. The maximum Gasteiger partial charge on any atom is 0.324 e. The van der Waals surface area contributed by atoms with E-state index in [1.165, 1.54) is 0 Å². The summed E-state index contributed by atoms with van der Waals surface area (Å²) in [7, 11) is 0. The zero-order chi connectivity index (χ0) is 12.3. The van der Waals surface area contributed by atoms with Crippen molar-refractivity contribution in [2.45, 2.75) is 20.0 Å². The summed E-state index contributed by atoms with van der Waals surface area (Å²) >= 11 is 2.77. The highest BCUT2D eigenvalue weighted by atomic mass is 32.1. The molecular weight excluding hydrogens is 258 g/mol. The van der Waals surface area contributed by atoms with Crippen molar-refractivity contribution in [2.75, 3.05) is 0 Å². The first-order chi connectivity index (χ1) is 8.15. The number of rotatable bonds is 5. The number of aromatic nitrogens is 1. The number of thiazole rings is 1. The summed E-state index contributed by atoms with van der Waals surface area (Å²) in [6.07, 6.45) is 0. The molecule has 0 bridgehead atoms. The van der Waals surface area contributed by atoms with Gasteiger partial charge in [0.05, 0.1) is 4.92 Å². The van der Waals surface area contributed by atoms with Crippen molar-refractivity contribution in [3.8, 4) is 0 Å². The Morgan fingerprint density at radius 1 is 1.41 bits per heavy atom. The largest absolute Gasteiger partial charge is 0.324 e. The molecule has 0 saturated carbocycles. The van der Waals surface area contributed by atoms with Gasteiger partial charge in [-0.15, -0.1) is 11.3 Å². The molecule has 0 aliphatic rings. The van der Waals surface area contributed by atoms with E-state index < -0.39 is 0 Å². The highest BCUT2D eigenvalue weighted by molar-refractivity contribution is 7.13. The molecule has 1 N–H and O–H groups in total. The minimum atomic E-state index is -0.363. The maximum absolute atomic E-state index is 10.5. The zero-order valence-electron chi connectivity index (χ0n) is 9.17. The van der Waals surface area contributed by atoms with Crippen LogP contribution < -0.4 is 5.32 Å². The molecule has 2 aromatic rings. The minimum absolute atomic E-state index is 0.187. The molecule has 2 heterocycles. The Balaban J connectivity index is 1.83. The van der Waals surface area contributed by atoms with Crippen LogP contribution in [0.2, 0.25) is 0 Å². The van der Waals surface area contributed by atoms with E-state index in [9.17, 15) is 10.1 Å². The molecule has 90 valence electrons. The zero-order valence-corrected chi connectivity index (χ0v) is 10.8. The second-order valence-corrected chi connectivity index (χ2v) is 5.37. The van der Waals surface area contributed by atoms with Crippen molar-refractivity contribution in [3.05, 3.63) is 43.2 Å². The van der Waals surface area contributed by atoms with E-state index in [4.69, 9.17) is 0 Å². The number of nitrogens with one attached hydrogen (secondary N) is 1. The molecule has 0 fully saturated rings. The van der Waals surface area contributed by atoms with Crippen LogP contribution in [0.3, 0.4) is 0 Å². The van der Waals surface area contributed by atoms with Gasteiger partial charge in [-0.2, -0.15) is 0 Å². The summed E-state index contributed by atoms with van der Waals surface area (Å²) in [4.78, 5) is 14.5. The molecule has 0 aliphatic heterocycles. The average Bonchev–Trinajstić information content (AvgIpc) is 2.88. The number of hydrogen-bond donors (Lipinski definition) is 1. The summed E-state index contributed by atoms with van der Waals surface area (Å²) in [5.41, 5.74) is 1.97. The molecule has 2 rings (SSSR count). The third-order valence-corrected chi connectivity index (χ3v) is 3.99. The number of nitro groups is 1.